The van der Waals surface area contributed by atoms with Crippen LogP contribution in [-0.2, 0) is 34.7 Å². The molecule has 0 bridgehead atoms. The monoisotopic (exact) mass is 782 g/mol. The number of ether oxygens (including phenoxy) is 1. The molecule has 0 amide bonds. The van der Waals surface area contributed by atoms with Crippen LogP contribution in [0, 0.1) is 4.64 Å². The maximum Gasteiger partial charge on any atom is 0.340 e. The van der Waals surface area contributed by atoms with E-state index in [1.165, 1.54) is 18.9 Å². The number of nitrogens with zero attached hydrogens (tertiary/aromatic N) is 3. The van der Waals surface area contributed by atoms with Gasteiger partial charge in [-0.1, -0.05) is 55.5 Å². The van der Waals surface area contributed by atoms with Gasteiger partial charge in [0.2, 0.25) is 0 Å². The first-order chi connectivity index (χ1) is 24.9. The molecule has 0 aliphatic carbocycles. The number of thiol groups is 1. The summed E-state index contributed by atoms with van der Waals surface area (Å²) in [4.78, 5) is 56.4. The van der Waals surface area contributed by atoms with Crippen molar-refractivity contribution in [2.45, 2.75) is 55.2 Å². The first kappa shape index (κ1) is 41.6. The summed E-state index contributed by atoms with van der Waals surface area (Å²) < 4.78 is 7.02. The van der Waals surface area contributed by atoms with Gasteiger partial charge in [-0.15, -0.1) is 11.3 Å². The SMILES string of the molecule is CCCCc1ncc(CSc2ncccc2C(=O)O)n1Cc1ccc(C(=O)O)cc1.COC(=O)c1ccc[nH]c1=S.O=C(O)C(S)Cc1cccs1. The minimum absolute atomic E-state index is 0.184. The smallest absolute Gasteiger partial charge is 0.340 e. The molecular formula is C36H38N4O8S4. The number of imidazole rings is 1. The molecule has 16 heteroatoms. The average molecular weight is 783 g/mol. The Hall–Kier alpha value is -4.77. The number of carbonyl (C=O) groups is 4. The Morgan fingerprint density at radius 1 is 1.00 bits per heavy atom. The van der Waals surface area contributed by atoms with Gasteiger partial charge in [-0.25, -0.2) is 24.4 Å². The highest BCUT2D eigenvalue weighted by molar-refractivity contribution is 7.98. The minimum Gasteiger partial charge on any atom is -0.480 e. The van der Waals surface area contributed by atoms with Crippen LogP contribution in [0.15, 0.2) is 89.7 Å². The number of carbonyl (C=O) groups excluding carboxylic acids is 1. The van der Waals surface area contributed by atoms with Crippen LogP contribution >= 0.6 is 47.9 Å². The zero-order valence-corrected chi connectivity index (χ0v) is 31.6. The van der Waals surface area contributed by atoms with Gasteiger partial charge >= 0.3 is 23.9 Å². The van der Waals surface area contributed by atoms with E-state index in [2.05, 4.69) is 43.8 Å². The number of aryl methyl sites for hydroxylation is 1. The van der Waals surface area contributed by atoms with Crippen molar-refractivity contribution < 1.29 is 39.2 Å². The number of aromatic nitrogens is 4. The van der Waals surface area contributed by atoms with Crippen molar-refractivity contribution in [3.05, 3.63) is 128 Å². The number of rotatable bonds is 14. The molecule has 0 fully saturated rings. The summed E-state index contributed by atoms with van der Waals surface area (Å²) in [5, 5.41) is 28.8. The Kier molecular flexibility index (Phi) is 17.3. The molecule has 0 aliphatic rings. The van der Waals surface area contributed by atoms with Crippen molar-refractivity contribution >= 4 is 71.8 Å². The van der Waals surface area contributed by atoms with E-state index in [9.17, 15) is 24.3 Å². The molecule has 4 heterocycles. The molecule has 4 N–H and O–H groups in total. The highest BCUT2D eigenvalue weighted by atomic mass is 32.2. The summed E-state index contributed by atoms with van der Waals surface area (Å²) in [6, 6.07) is 17.1. The minimum atomic E-state index is -0.999. The predicted molar refractivity (Wildman–Crippen MR) is 205 cm³/mol. The van der Waals surface area contributed by atoms with Gasteiger partial charge in [0.05, 0.1) is 23.8 Å². The number of H-pyrrole nitrogens is 1. The average Bonchev–Trinajstić information content (AvgIpc) is 3.80. The summed E-state index contributed by atoms with van der Waals surface area (Å²) in [6.45, 7) is 2.70. The van der Waals surface area contributed by atoms with E-state index < -0.39 is 29.1 Å². The Labute approximate surface area is 319 Å². The van der Waals surface area contributed by atoms with Crippen molar-refractivity contribution in [2.24, 2.45) is 0 Å². The van der Waals surface area contributed by atoms with Crippen molar-refractivity contribution in [2.75, 3.05) is 7.11 Å². The van der Waals surface area contributed by atoms with Crippen LogP contribution in [0.3, 0.4) is 0 Å². The highest BCUT2D eigenvalue weighted by Gasteiger charge is 2.16. The molecule has 1 aromatic carbocycles. The molecule has 5 aromatic rings. The number of carboxylic acid groups (broad SMARTS) is 3. The molecular weight excluding hydrogens is 745 g/mol. The molecule has 0 radical (unpaired) electrons. The van der Waals surface area contributed by atoms with E-state index >= 15 is 0 Å². The van der Waals surface area contributed by atoms with Gasteiger partial charge in [-0.3, -0.25) is 4.79 Å². The lowest BCUT2D eigenvalue weighted by molar-refractivity contribution is -0.136. The number of aliphatic carboxylic acids is 1. The van der Waals surface area contributed by atoms with Crippen molar-refractivity contribution in [1.82, 2.24) is 19.5 Å². The zero-order chi connectivity index (χ0) is 38.0. The third-order valence-electron chi connectivity index (χ3n) is 7.16. The maximum absolute atomic E-state index is 11.4. The fourth-order valence-electron chi connectivity index (χ4n) is 4.44. The number of aromatic amines is 1. The van der Waals surface area contributed by atoms with Gasteiger partial charge in [0.25, 0.3) is 0 Å². The molecule has 0 saturated heterocycles. The lowest BCUT2D eigenvalue weighted by Crippen LogP contribution is -2.15. The topological polar surface area (TPSA) is 185 Å². The number of thioether (sulfide) groups is 1. The molecule has 1 unspecified atom stereocenters. The third kappa shape index (κ3) is 13.1. The summed E-state index contributed by atoms with van der Waals surface area (Å²) >= 11 is 11.7. The van der Waals surface area contributed by atoms with Crippen LogP contribution in [0.4, 0.5) is 0 Å². The molecule has 5 rings (SSSR count). The summed E-state index contributed by atoms with van der Waals surface area (Å²) in [5.41, 5.74) is 2.78. The highest BCUT2D eigenvalue weighted by Crippen LogP contribution is 2.26. The number of pyridine rings is 2. The Morgan fingerprint density at radius 2 is 1.73 bits per heavy atom. The van der Waals surface area contributed by atoms with Gasteiger partial charge in [0.1, 0.15) is 20.7 Å². The van der Waals surface area contributed by atoms with E-state index in [0.717, 1.165) is 41.2 Å². The van der Waals surface area contributed by atoms with Gasteiger partial charge < -0.3 is 29.6 Å². The van der Waals surface area contributed by atoms with Crippen LogP contribution in [0.25, 0.3) is 0 Å². The van der Waals surface area contributed by atoms with E-state index in [0.29, 0.717) is 33.9 Å². The lowest BCUT2D eigenvalue weighted by Gasteiger charge is -2.13. The van der Waals surface area contributed by atoms with Gasteiger partial charge in [-0.05, 0) is 59.8 Å². The molecule has 0 spiro atoms. The first-order valence-electron chi connectivity index (χ1n) is 15.8. The zero-order valence-electron chi connectivity index (χ0n) is 28.3. The number of aromatic carboxylic acids is 2. The van der Waals surface area contributed by atoms with Crippen LogP contribution in [0.2, 0.25) is 0 Å². The quantitative estimate of drug-likeness (QED) is 0.0323. The maximum atomic E-state index is 11.4. The van der Waals surface area contributed by atoms with Gasteiger partial charge in [0, 0.05) is 54.3 Å². The van der Waals surface area contributed by atoms with Crippen molar-refractivity contribution in [1.29, 1.82) is 0 Å². The Bertz CT molecular complexity index is 1980. The summed E-state index contributed by atoms with van der Waals surface area (Å²) in [6.07, 6.45) is 8.50. The van der Waals surface area contributed by atoms with Crippen molar-refractivity contribution in [3.8, 4) is 0 Å². The van der Waals surface area contributed by atoms with Crippen LogP contribution in [-0.4, -0.2) is 71.1 Å². The summed E-state index contributed by atoms with van der Waals surface area (Å²) in [5.74, 6) is -1.72. The van der Waals surface area contributed by atoms with Gasteiger partial charge in [-0.2, -0.15) is 12.6 Å². The molecule has 274 valence electrons. The molecule has 0 saturated carbocycles. The predicted octanol–water partition coefficient (Wildman–Crippen LogP) is 7.56. The van der Waals surface area contributed by atoms with E-state index in [-0.39, 0.29) is 11.1 Å². The normalized spacial score (nSPS) is 10.9. The number of benzene rings is 1. The van der Waals surface area contributed by atoms with Gasteiger partial charge in [0.15, 0.2) is 0 Å². The number of esters is 1. The molecule has 12 nitrogen and oxygen atoms in total. The largest absolute Gasteiger partial charge is 0.480 e. The standard InChI is InChI=1S/C22H23N3O4S.C7H7NO2S.C7H8O2S2/c1-2-3-6-19-24-12-17(14-30-20-18(22(28)29)5-4-11-23-20)25(19)13-15-7-9-16(10-8-15)21(26)27;1-10-7(9)5-3-2-4-8-6(5)11;8-7(9)6(10)4-5-2-1-3-11-5/h4-5,7-12H,2-3,6,13-14H2,1H3,(H,26,27)(H,28,29);2-4H,1H3,(H,8,11);1-3,6,10H,4H2,(H,8,9). The van der Waals surface area contributed by atoms with E-state index in [4.69, 9.17) is 22.4 Å². The number of unbranched alkanes of at least 4 members (excludes halogenated alkanes) is 1. The molecule has 52 heavy (non-hydrogen) atoms. The number of carboxylic acids is 3. The number of methoxy groups -OCH3 is 1. The lowest BCUT2D eigenvalue weighted by atomic mass is 10.1. The number of hydrogen-bond donors (Lipinski definition) is 5. The molecule has 0 aliphatic heterocycles. The number of hydrogen-bond acceptors (Lipinski definition) is 11. The second-order valence-corrected chi connectivity index (χ2v) is 13.9. The molecule has 4 aromatic heterocycles. The number of nitrogens with one attached hydrogen (secondary N) is 1. The summed E-state index contributed by atoms with van der Waals surface area (Å²) in [7, 11) is 1.32. The second kappa shape index (κ2) is 21.6. The first-order valence-corrected chi connectivity index (χ1v) is 18.6. The fourth-order valence-corrected chi connectivity index (χ4v) is 6.69. The van der Waals surface area contributed by atoms with Crippen LogP contribution in [0.5, 0.6) is 0 Å². The van der Waals surface area contributed by atoms with E-state index in [1.54, 1.807) is 60.1 Å². The Morgan fingerprint density at radius 3 is 2.33 bits per heavy atom. The fraction of sp³-hybridized carbons (Fsp3) is 0.250. The van der Waals surface area contributed by atoms with Crippen LogP contribution in [0.1, 0.15) is 72.8 Å². The Balaban J connectivity index is 0.000000269. The van der Waals surface area contributed by atoms with Crippen LogP contribution < -0.4 is 0 Å². The van der Waals surface area contributed by atoms with Crippen molar-refractivity contribution in [3.63, 3.8) is 0 Å². The van der Waals surface area contributed by atoms with E-state index in [1.807, 2.05) is 35.8 Å². The molecule has 1 atom stereocenters. The second-order valence-electron chi connectivity index (χ2n) is 10.8. The third-order valence-corrected chi connectivity index (χ3v) is 9.84. The number of thiophene rings is 1.